The molecule has 0 radical (unpaired) electrons. The van der Waals surface area contributed by atoms with Crippen LogP contribution >= 0.6 is 11.6 Å². The topological polar surface area (TPSA) is 0 Å². The van der Waals surface area contributed by atoms with Crippen LogP contribution in [0.5, 0.6) is 0 Å². The molecular formula is C4H3ClF2. The Labute approximate surface area is 44.8 Å². The molecule has 0 amide bonds. The number of rotatable bonds is 0. The number of allylic oxidation sites excluding steroid dienone is 2. The third-order valence-corrected chi connectivity index (χ3v) is 1.53. The lowest BCUT2D eigenvalue weighted by atomic mass is 10.5. The van der Waals surface area contributed by atoms with E-state index < -0.39 is 5.92 Å². The van der Waals surface area contributed by atoms with E-state index in [1.165, 1.54) is 6.92 Å². The Morgan fingerprint density at radius 2 is 1.71 bits per heavy atom. The summed E-state index contributed by atoms with van der Waals surface area (Å²) >= 11 is 4.96. The molecule has 0 aromatic rings. The molecule has 0 heterocycles. The molecule has 0 spiro atoms. The van der Waals surface area contributed by atoms with E-state index in [0.717, 1.165) is 0 Å². The van der Waals surface area contributed by atoms with Gasteiger partial charge in [-0.1, -0.05) is 11.6 Å². The number of hydrogen-bond donors (Lipinski definition) is 0. The molecule has 0 fully saturated rings. The van der Waals surface area contributed by atoms with Crippen molar-refractivity contribution in [2.75, 3.05) is 0 Å². The van der Waals surface area contributed by atoms with Gasteiger partial charge >= 0.3 is 5.92 Å². The predicted molar refractivity (Wildman–Crippen MR) is 23.5 cm³/mol. The average Bonchev–Trinajstić information content (AvgIpc) is 1.91. The van der Waals surface area contributed by atoms with Crippen molar-refractivity contribution in [1.82, 2.24) is 0 Å². The van der Waals surface area contributed by atoms with Crippen molar-refractivity contribution in [2.45, 2.75) is 12.8 Å². The van der Waals surface area contributed by atoms with E-state index in [9.17, 15) is 8.78 Å². The lowest BCUT2D eigenvalue weighted by Crippen LogP contribution is -1.91. The van der Waals surface area contributed by atoms with Gasteiger partial charge in [-0.05, 0) is 6.92 Å². The zero-order valence-electron chi connectivity index (χ0n) is 3.63. The maximum atomic E-state index is 11.7. The maximum absolute atomic E-state index is 11.7. The third-order valence-electron chi connectivity index (χ3n) is 1.01. The highest BCUT2D eigenvalue weighted by atomic mass is 35.5. The summed E-state index contributed by atoms with van der Waals surface area (Å²) in [6.07, 6.45) is 0. The van der Waals surface area contributed by atoms with Gasteiger partial charge in [0, 0.05) is 5.57 Å². The first-order valence-corrected chi connectivity index (χ1v) is 2.19. The third kappa shape index (κ3) is 0.462. The smallest absolute Gasteiger partial charge is 0.195 e. The van der Waals surface area contributed by atoms with Crippen molar-refractivity contribution in [3.63, 3.8) is 0 Å². The van der Waals surface area contributed by atoms with E-state index >= 15 is 0 Å². The van der Waals surface area contributed by atoms with Crippen molar-refractivity contribution in [3.05, 3.63) is 10.6 Å². The first kappa shape index (κ1) is 5.04. The second-order valence-corrected chi connectivity index (χ2v) is 1.89. The van der Waals surface area contributed by atoms with Crippen LogP contribution in [0, 0.1) is 0 Å². The molecule has 0 unspecified atom stereocenters. The molecular weight excluding hydrogens is 121 g/mol. The van der Waals surface area contributed by atoms with Gasteiger partial charge in [-0.2, -0.15) is 8.78 Å². The summed E-state index contributed by atoms with van der Waals surface area (Å²) in [7, 11) is 0. The van der Waals surface area contributed by atoms with Crippen LogP contribution in [0.3, 0.4) is 0 Å². The minimum absolute atomic E-state index is 0.00849. The summed E-state index contributed by atoms with van der Waals surface area (Å²) in [6.45, 7) is 1.32. The molecule has 0 saturated heterocycles. The molecule has 0 nitrogen and oxygen atoms in total. The van der Waals surface area contributed by atoms with Crippen LogP contribution in [0.1, 0.15) is 6.92 Å². The fourth-order valence-corrected chi connectivity index (χ4v) is 0.524. The Balaban J connectivity index is 2.69. The zero-order valence-corrected chi connectivity index (χ0v) is 4.39. The summed E-state index contributed by atoms with van der Waals surface area (Å²) in [5, 5.41) is -0.285. The highest BCUT2D eigenvalue weighted by Crippen LogP contribution is 2.50. The first-order valence-electron chi connectivity index (χ1n) is 1.82. The minimum Gasteiger partial charge on any atom is -0.195 e. The molecule has 0 atom stereocenters. The standard InChI is InChI=1S/C4H3ClF2/c1-2-3(5)4(2,6)7/h1H3. The summed E-state index contributed by atoms with van der Waals surface area (Å²) in [5.74, 6) is -2.73. The number of hydrogen-bond acceptors (Lipinski definition) is 0. The Bertz CT molecular complexity index is 123. The molecule has 1 aliphatic rings. The van der Waals surface area contributed by atoms with Crippen LogP contribution in [0.25, 0.3) is 0 Å². The normalized spacial score (nSPS) is 25.7. The monoisotopic (exact) mass is 124 g/mol. The largest absolute Gasteiger partial charge is 0.306 e. The summed E-state index contributed by atoms with van der Waals surface area (Å²) in [5.41, 5.74) is 0.00849. The number of halogens is 3. The molecule has 1 aliphatic carbocycles. The Morgan fingerprint density at radius 3 is 1.71 bits per heavy atom. The van der Waals surface area contributed by atoms with Gasteiger partial charge in [-0.25, -0.2) is 0 Å². The molecule has 40 valence electrons. The predicted octanol–water partition coefficient (Wildman–Crippen LogP) is 2.15. The van der Waals surface area contributed by atoms with E-state index in [0.29, 0.717) is 0 Å². The van der Waals surface area contributed by atoms with Gasteiger partial charge in [-0.3, -0.25) is 0 Å². The quantitative estimate of drug-likeness (QED) is 0.464. The van der Waals surface area contributed by atoms with Crippen molar-refractivity contribution in [2.24, 2.45) is 0 Å². The lowest BCUT2D eigenvalue weighted by Gasteiger charge is -1.86. The summed E-state index contributed by atoms with van der Waals surface area (Å²) in [4.78, 5) is 0. The maximum Gasteiger partial charge on any atom is 0.306 e. The average molecular weight is 125 g/mol. The molecule has 0 saturated carbocycles. The second kappa shape index (κ2) is 0.996. The number of alkyl halides is 2. The van der Waals surface area contributed by atoms with Crippen molar-refractivity contribution in [3.8, 4) is 0 Å². The summed E-state index contributed by atoms with van der Waals surface area (Å²) < 4.78 is 23.4. The fourth-order valence-electron chi connectivity index (χ4n) is 0.311. The van der Waals surface area contributed by atoms with Crippen LogP contribution in [-0.2, 0) is 0 Å². The first-order chi connectivity index (χ1) is 3.07. The highest BCUT2D eigenvalue weighted by molar-refractivity contribution is 6.34. The van der Waals surface area contributed by atoms with Crippen LogP contribution in [0.2, 0.25) is 0 Å². The van der Waals surface area contributed by atoms with Crippen LogP contribution in [0.15, 0.2) is 10.6 Å². The Kier molecular flexibility index (Phi) is 0.717. The van der Waals surface area contributed by atoms with Crippen molar-refractivity contribution >= 4 is 11.6 Å². The van der Waals surface area contributed by atoms with Gasteiger partial charge in [0.25, 0.3) is 0 Å². The van der Waals surface area contributed by atoms with E-state index in [-0.39, 0.29) is 10.6 Å². The molecule has 1 rings (SSSR count). The van der Waals surface area contributed by atoms with E-state index in [1.54, 1.807) is 0 Å². The molecule has 0 aliphatic heterocycles. The van der Waals surface area contributed by atoms with Gasteiger partial charge in [0.2, 0.25) is 0 Å². The van der Waals surface area contributed by atoms with Crippen LogP contribution in [-0.4, -0.2) is 5.92 Å². The van der Waals surface area contributed by atoms with E-state index in [1.807, 2.05) is 0 Å². The van der Waals surface area contributed by atoms with Gasteiger partial charge in [0.1, 0.15) is 0 Å². The van der Waals surface area contributed by atoms with Gasteiger partial charge in [0.15, 0.2) is 0 Å². The fraction of sp³-hybridized carbons (Fsp3) is 0.500. The lowest BCUT2D eigenvalue weighted by molar-refractivity contribution is 0.140. The molecule has 0 aromatic heterocycles. The molecule has 7 heavy (non-hydrogen) atoms. The zero-order chi connectivity index (χ0) is 5.65. The van der Waals surface area contributed by atoms with Crippen LogP contribution < -0.4 is 0 Å². The van der Waals surface area contributed by atoms with Crippen LogP contribution in [0.4, 0.5) is 8.78 Å². The Hall–Kier alpha value is -0.110. The van der Waals surface area contributed by atoms with E-state index in [4.69, 9.17) is 11.6 Å². The molecule has 0 N–H and O–H groups in total. The van der Waals surface area contributed by atoms with Gasteiger partial charge in [0.05, 0.1) is 5.03 Å². The van der Waals surface area contributed by atoms with Gasteiger partial charge in [-0.15, -0.1) is 0 Å². The molecule has 3 heteroatoms. The van der Waals surface area contributed by atoms with E-state index in [2.05, 4.69) is 0 Å². The van der Waals surface area contributed by atoms with Gasteiger partial charge < -0.3 is 0 Å². The second-order valence-electron chi connectivity index (χ2n) is 1.51. The molecule has 0 aromatic carbocycles. The highest BCUT2D eigenvalue weighted by Gasteiger charge is 2.52. The van der Waals surface area contributed by atoms with Crippen molar-refractivity contribution in [1.29, 1.82) is 0 Å². The minimum atomic E-state index is -2.73. The SMILES string of the molecule is CC1=C(Cl)C1(F)F. The molecule has 0 bridgehead atoms. The van der Waals surface area contributed by atoms with Crippen molar-refractivity contribution < 1.29 is 8.78 Å². The summed E-state index contributed by atoms with van der Waals surface area (Å²) in [6, 6.07) is 0. The Morgan fingerprint density at radius 1 is 1.57 bits per heavy atom.